The van der Waals surface area contributed by atoms with Crippen molar-refractivity contribution in [2.24, 2.45) is 0 Å². The SMILES string of the molecule is CCOc1ccc(-c2nc(NC(=O)C3CCCN3S(=O)(=O)c3ccc(F)cc3)sc2C)cc1. The van der Waals surface area contributed by atoms with Crippen LogP contribution in [0.25, 0.3) is 11.3 Å². The summed E-state index contributed by atoms with van der Waals surface area (Å²) in [6.45, 7) is 4.65. The van der Waals surface area contributed by atoms with E-state index >= 15 is 0 Å². The van der Waals surface area contributed by atoms with Crippen molar-refractivity contribution in [3.8, 4) is 17.0 Å². The lowest BCUT2D eigenvalue weighted by Gasteiger charge is -2.23. The first-order valence-electron chi connectivity index (χ1n) is 10.6. The molecule has 4 rings (SSSR count). The van der Waals surface area contributed by atoms with E-state index in [9.17, 15) is 17.6 Å². The number of sulfonamides is 1. The molecule has 1 unspecified atom stereocenters. The summed E-state index contributed by atoms with van der Waals surface area (Å²) < 4.78 is 45.9. The molecule has 0 aliphatic carbocycles. The Bertz CT molecular complexity index is 1240. The predicted octanol–water partition coefficient (Wildman–Crippen LogP) is 4.45. The lowest BCUT2D eigenvalue weighted by molar-refractivity contribution is -0.119. The Balaban J connectivity index is 1.51. The van der Waals surface area contributed by atoms with Gasteiger partial charge in [-0.3, -0.25) is 4.79 Å². The molecule has 0 spiro atoms. The van der Waals surface area contributed by atoms with Crippen molar-refractivity contribution in [3.05, 3.63) is 59.2 Å². The monoisotopic (exact) mass is 489 g/mol. The van der Waals surface area contributed by atoms with Crippen LogP contribution in [0, 0.1) is 12.7 Å². The van der Waals surface area contributed by atoms with Crippen molar-refractivity contribution >= 4 is 32.4 Å². The van der Waals surface area contributed by atoms with Crippen molar-refractivity contribution < 1.29 is 22.3 Å². The van der Waals surface area contributed by atoms with E-state index in [4.69, 9.17) is 4.74 Å². The minimum absolute atomic E-state index is 0.0357. The molecule has 33 heavy (non-hydrogen) atoms. The number of thiazole rings is 1. The van der Waals surface area contributed by atoms with Gasteiger partial charge in [-0.25, -0.2) is 17.8 Å². The van der Waals surface area contributed by atoms with E-state index in [1.807, 2.05) is 38.1 Å². The summed E-state index contributed by atoms with van der Waals surface area (Å²) >= 11 is 1.33. The largest absolute Gasteiger partial charge is 0.494 e. The van der Waals surface area contributed by atoms with E-state index in [1.165, 1.54) is 27.8 Å². The van der Waals surface area contributed by atoms with Crippen molar-refractivity contribution in [2.45, 2.75) is 37.6 Å². The fraction of sp³-hybridized carbons (Fsp3) is 0.304. The first-order chi connectivity index (χ1) is 15.8. The average molecular weight is 490 g/mol. The fourth-order valence-electron chi connectivity index (χ4n) is 3.81. The number of hydrogen-bond donors (Lipinski definition) is 1. The zero-order valence-electron chi connectivity index (χ0n) is 18.2. The maximum atomic E-state index is 13.2. The van der Waals surface area contributed by atoms with Crippen molar-refractivity contribution in [1.82, 2.24) is 9.29 Å². The number of aromatic nitrogens is 1. The Hall–Kier alpha value is -2.82. The van der Waals surface area contributed by atoms with Gasteiger partial charge in [0.05, 0.1) is 17.2 Å². The van der Waals surface area contributed by atoms with Crippen molar-refractivity contribution in [3.63, 3.8) is 0 Å². The lowest BCUT2D eigenvalue weighted by Crippen LogP contribution is -2.43. The molecule has 1 N–H and O–H groups in total. The summed E-state index contributed by atoms with van der Waals surface area (Å²) in [4.78, 5) is 18.5. The number of carbonyl (C=O) groups is 1. The first-order valence-corrected chi connectivity index (χ1v) is 12.8. The standard InChI is InChI=1S/C23H24FN3O4S2/c1-3-31-18-10-6-16(7-11-18)21-15(2)32-23(25-21)26-22(28)20-5-4-14-27(20)33(29,30)19-12-8-17(24)9-13-19/h6-13,20H,3-5,14H2,1-2H3,(H,25,26,28). The number of halogens is 1. The molecule has 1 aromatic heterocycles. The van der Waals surface area contributed by atoms with E-state index in [1.54, 1.807) is 0 Å². The van der Waals surface area contributed by atoms with Crippen molar-refractivity contribution in [2.75, 3.05) is 18.5 Å². The van der Waals surface area contributed by atoms with Gasteiger partial charge in [0, 0.05) is 17.0 Å². The topological polar surface area (TPSA) is 88.6 Å². The molecule has 1 aliphatic heterocycles. The highest BCUT2D eigenvalue weighted by Crippen LogP contribution is 2.32. The van der Waals surface area contributed by atoms with E-state index in [0.29, 0.717) is 24.6 Å². The molecule has 2 aromatic carbocycles. The third-order valence-corrected chi connectivity index (χ3v) is 8.20. The van der Waals surface area contributed by atoms with E-state index < -0.39 is 27.8 Å². The minimum atomic E-state index is -3.92. The second kappa shape index (κ2) is 9.58. The number of nitrogens with zero attached hydrogens (tertiary/aromatic N) is 2. The van der Waals surface area contributed by atoms with Crippen molar-refractivity contribution in [1.29, 1.82) is 0 Å². The molecular weight excluding hydrogens is 465 g/mol. The highest BCUT2D eigenvalue weighted by atomic mass is 32.2. The Morgan fingerprint density at radius 3 is 2.58 bits per heavy atom. The smallest absolute Gasteiger partial charge is 0.244 e. The van der Waals surface area contributed by atoms with Gasteiger partial charge in [-0.15, -0.1) is 11.3 Å². The van der Waals surface area contributed by atoms with Crippen LogP contribution in [0.2, 0.25) is 0 Å². The lowest BCUT2D eigenvalue weighted by atomic mass is 10.1. The van der Waals surface area contributed by atoms with Crippen LogP contribution in [0.1, 0.15) is 24.6 Å². The van der Waals surface area contributed by atoms with E-state index in [2.05, 4.69) is 10.3 Å². The van der Waals surface area contributed by atoms with Gasteiger partial charge in [0.25, 0.3) is 0 Å². The van der Waals surface area contributed by atoms with Gasteiger partial charge in [0.1, 0.15) is 17.6 Å². The number of carbonyl (C=O) groups excluding carboxylic acids is 1. The van der Waals surface area contributed by atoms with Gasteiger partial charge < -0.3 is 10.1 Å². The van der Waals surface area contributed by atoms with Gasteiger partial charge in [0.15, 0.2) is 5.13 Å². The maximum absolute atomic E-state index is 13.2. The quantitative estimate of drug-likeness (QED) is 0.530. The number of nitrogens with one attached hydrogen (secondary N) is 1. The van der Waals surface area contributed by atoms with Gasteiger partial charge in [-0.05, 0) is 75.2 Å². The molecule has 2 heterocycles. The fourth-order valence-corrected chi connectivity index (χ4v) is 6.31. The van der Waals surface area contributed by atoms with E-state index in [0.717, 1.165) is 34.0 Å². The number of rotatable bonds is 7. The predicted molar refractivity (Wildman–Crippen MR) is 125 cm³/mol. The average Bonchev–Trinajstić information content (AvgIpc) is 3.42. The molecule has 174 valence electrons. The molecule has 3 aromatic rings. The van der Waals surface area contributed by atoms with Gasteiger partial charge in [-0.1, -0.05) is 0 Å². The third kappa shape index (κ3) is 4.92. The molecule has 0 radical (unpaired) electrons. The van der Waals surface area contributed by atoms with Crippen LogP contribution < -0.4 is 10.1 Å². The highest BCUT2D eigenvalue weighted by Gasteiger charge is 2.39. The molecule has 0 bridgehead atoms. The van der Waals surface area contributed by atoms with Crippen LogP contribution in [-0.4, -0.2) is 42.8 Å². The number of hydrogen-bond acceptors (Lipinski definition) is 6. The van der Waals surface area contributed by atoms with Gasteiger partial charge in [0.2, 0.25) is 15.9 Å². The Morgan fingerprint density at radius 2 is 1.91 bits per heavy atom. The van der Waals surface area contributed by atoms with Crippen LogP contribution >= 0.6 is 11.3 Å². The van der Waals surface area contributed by atoms with Crippen LogP contribution in [0.15, 0.2) is 53.4 Å². The second-order valence-electron chi connectivity index (χ2n) is 7.60. The Labute approximate surface area is 196 Å². The molecule has 1 amide bonds. The molecule has 1 atom stereocenters. The second-order valence-corrected chi connectivity index (χ2v) is 10.7. The zero-order valence-corrected chi connectivity index (χ0v) is 19.9. The number of benzene rings is 2. The Kier molecular flexibility index (Phi) is 6.78. The summed E-state index contributed by atoms with van der Waals surface area (Å²) in [5.74, 6) is -0.177. The molecular formula is C23H24FN3O4S2. The molecule has 1 aliphatic rings. The summed E-state index contributed by atoms with van der Waals surface area (Å²) in [6.07, 6.45) is 0.967. The molecule has 1 saturated heterocycles. The number of amides is 1. The number of anilines is 1. The summed E-state index contributed by atoms with van der Waals surface area (Å²) in [6, 6.07) is 11.3. The summed E-state index contributed by atoms with van der Waals surface area (Å²) in [7, 11) is -3.92. The van der Waals surface area contributed by atoms with Gasteiger partial charge >= 0.3 is 0 Å². The third-order valence-electron chi connectivity index (χ3n) is 5.39. The summed E-state index contributed by atoms with van der Waals surface area (Å²) in [5.41, 5.74) is 1.65. The van der Waals surface area contributed by atoms with Crippen LogP contribution in [0.4, 0.5) is 9.52 Å². The van der Waals surface area contributed by atoms with Crippen LogP contribution in [0.5, 0.6) is 5.75 Å². The summed E-state index contributed by atoms with van der Waals surface area (Å²) in [5, 5.41) is 3.20. The van der Waals surface area contributed by atoms with Gasteiger partial charge in [-0.2, -0.15) is 4.31 Å². The normalized spacial score (nSPS) is 16.6. The maximum Gasteiger partial charge on any atom is 0.244 e. The Morgan fingerprint density at radius 1 is 1.21 bits per heavy atom. The molecule has 0 saturated carbocycles. The zero-order chi connectivity index (χ0) is 23.6. The number of ether oxygens (including phenoxy) is 1. The number of aryl methyl sites for hydroxylation is 1. The first kappa shape index (κ1) is 23.3. The van der Waals surface area contributed by atoms with E-state index in [-0.39, 0.29) is 11.4 Å². The van der Waals surface area contributed by atoms with Crippen LogP contribution in [-0.2, 0) is 14.8 Å². The molecule has 1 fully saturated rings. The highest BCUT2D eigenvalue weighted by molar-refractivity contribution is 7.89. The van der Waals surface area contributed by atoms with Crippen LogP contribution in [0.3, 0.4) is 0 Å². The molecule has 7 nitrogen and oxygen atoms in total. The minimum Gasteiger partial charge on any atom is -0.494 e. The molecule has 10 heteroatoms.